The number of rotatable bonds is 1. The lowest BCUT2D eigenvalue weighted by molar-refractivity contribution is -0.145. The van der Waals surface area contributed by atoms with Gasteiger partial charge in [-0.3, -0.25) is 4.79 Å². The molecule has 2 fully saturated rings. The number of hydrogen-bond acceptors (Lipinski definition) is 2. The lowest BCUT2D eigenvalue weighted by Gasteiger charge is -2.50. The molecule has 1 saturated heterocycles. The first-order chi connectivity index (χ1) is 6.13. The van der Waals surface area contributed by atoms with Gasteiger partial charge in [0.15, 0.2) is 0 Å². The van der Waals surface area contributed by atoms with Gasteiger partial charge in [0.25, 0.3) is 0 Å². The van der Waals surface area contributed by atoms with E-state index in [1.165, 1.54) is 6.42 Å². The Kier molecular flexibility index (Phi) is 2.06. The minimum Gasteiger partial charge on any atom is -0.336 e. The number of likely N-dealkylation sites (tertiary alicyclic amines) is 1. The predicted octanol–water partition coefficient (Wildman–Crippen LogP) is 0.879. The van der Waals surface area contributed by atoms with Crippen molar-refractivity contribution in [2.45, 2.75) is 50.6 Å². The summed E-state index contributed by atoms with van der Waals surface area (Å²) < 4.78 is 0. The molecule has 1 atom stereocenters. The fraction of sp³-hybridized carbons (Fsp3) is 0.900. The molecule has 0 aromatic heterocycles. The van der Waals surface area contributed by atoms with Crippen LogP contribution in [0.4, 0.5) is 0 Å². The summed E-state index contributed by atoms with van der Waals surface area (Å²) in [4.78, 5) is 13.8. The van der Waals surface area contributed by atoms with Crippen LogP contribution in [0.25, 0.3) is 0 Å². The minimum absolute atomic E-state index is 0.148. The van der Waals surface area contributed by atoms with Gasteiger partial charge in [-0.25, -0.2) is 0 Å². The second-order valence-electron chi connectivity index (χ2n) is 4.59. The lowest BCUT2D eigenvalue weighted by atomic mass is 9.76. The molecule has 3 nitrogen and oxygen atoms in total. The SMILES string of the molecule is CC1(N2CCCC(N)C2=O)CCC1. The van der Waals surface area contributed by atoms with Gasteiger partial charge in [-0.2, -0.15) is 0 Å². The molecule has 0 bridgehead atoms. The zero-order valence-corrected chi connectivity index (χ0v) is 8.25. The van der Waals surface area contributed by atoms with Gasteiger partial charge in [0.05, 0.1) is 6.04 Å². The van der Waals surface area contributed by atoms with Gasteiger partial charge < -0.3 is 10.6 Å². The van der Waals surface area contributed by atoms with E-state index in [2.05, 4.69) is 6.92 Å². The standard InChI is InChI=1S/C10H18N2O/c1-10(5-3-6-10)12-7-2-4-8(11)9(12)13/h8H,2-7,11H2,1H3. The van der Waals surface area contributed by atoms with E-state index in [9.17, 15) is 4.79 Å². The van der Waals surface area contributed by atoms with Gasteiger partial charge in [-0.1, -0.05) is 0 Å². The maximum absolute atomic E-state index is 11.8. The molecule has 2 rings (SSSR count). The van der Waals surface area contributed by atoms with E-state index in [4.69, 9.17) is 5.73 Å². The first kappa shape index (κ1) is 9.00. The van der Waals surface area contributed by atoms with Crippen molar-refractivity contribution in [1.82, 2.24) is 4.90 Å². The number of amides is 1. The molecular weight excluding hydrogens is 164 g/mol. The van der Waals surface area contributed by atoms with Crippen LogP contribution in [0.15, 0.2) is 0 Å². The molecule has 0 radical (unpaired) electrons. The Labute approximate surface area is 79.3 Å². The third-order valence-electron chi connectivity index (χ3n) is 3.56. The Balaban J connectivity index is 2.09. The summed E-state index contributed by atoms with van der Waals surface area (Å²) in [6.45, 7) is 3.11. The summed E-state index contributed by atoms with van der Waals surface area (Å²) in [5.41, 5.74) is 5.90. The predicted molar refractivity (Wildman–Crippen MR) is 51.2 cm³/mol. The van der Waals surface area contributed by atoms with E-state index in [0.29, 0.717) is 0 Å². The first-order valence-corrected chi connectivity index (χ1v) is 5.20. The molecule has 2 N–H and O–H groups in total. The Morgan fingerprint density at radius 2 is 2.15 bits per heavy atom. The maximum Gasteiger partial charge on any atom is 0.239 e. The highest BCUT2D eigenvalue weighted by Gasteiger charge is 2.42. The van der Waals surface area contributed by atoms with E-state index in [0.717, 1.165) is 32.2 Å². The van der Waals surface area contributed by atoms with Gasteiger partial charge in [-0.05, 0) is 39.0 Å². The third-order valence-corrected chi connectivity index (χ3v) is 3.56. The molecule has 0 spiro atoms. The highest BCUT2D eigenvalue weighted by molar-refractivity contribution is 5.83. The van der Waals surface area contributed by atoms with Gasteiger partial charge >= 0.3 is 0 Å². The molecule has 0 aromatic rings. The van der Waals surface area contributed by atoms with Gasteiger partial charge in [0, 0.05) is 12.1 Å². The Morgan fingerprint density at radius 3 is 2.69 bits per heavy atom. The maximum atomic E-state index is 11.8. The number of nitrogens with two attached hydrogens (primary N) is 1. The second-order valence-corrected chi connectivity index (χ2v) is 4.59. The summed E-state index contributed by atoms with van der Waals surface area (Å²) in [6, 6.07) is -0.230. The Bertz CT molecular complexity index is 223. The highest BCUT2D eigenvalue weighted by atomic mass is 16.2. The molecule has 1 unspecified atom stereocenters. The molecular formula is C10H18N2O. The molecule has 0 aromatic carbocycles. The van der Waals surface area contributed by atoms with Crippen LogP contribution >= 0.6 is 0 Å². The van der Waals surface area contributed by atoms with Gasteiger partial charge in [0.2, 0.25) is 5.91 Å². The van der Waals surface area contributed by atoms with Crippen molar-refractivity contribution in [3.8, 4) is 0 Å². The van der Waals surface area contributed by atoms with Crippen molar-refractivity contribution in [1.29, 1.82) is 0 Å². The quantitative estimate of drug-likeness (QED) is 0.654. The van der Waals surface area contributed by atoms with Crippen molar-refractivity contribution < 1.29 is 4.79 Å². The van der Waals surface area contributed by atoms with Crippen LogP contribution in [-0.2, 0) is 4.79 Å². The number of carbonyl (C=O) groups excluding carboxylic acids is 1. The number of piperidine rings is 1. The van der Waals surface area contributed by atoms with Crippen LogP contribution in [0.1, 0.15) is 39.0 Å². The normalized spacial score (nSPS) is 32.9. The Morgan fingerprint density at radius 1 is 1.46 bits per heavy atom. The zero-order chi connectivity index (χ0) is 9.47. The summed E-state index contributed by atoms with van der Waals surface area (Å²) in [5.74, 6) is 0.174. The summed E-state index contributed by atoms with van der Waals surface area (Å²) >= 11 is 0. The zero-order valence-electron chi connectivity index (χ0n) is 8.25. The lowest BCUT2D eigenvalue weighted by Crippen LogP contribution is -2.60. The summed E-state index contributed by atoms with van der Waals surface area (Å²) in [7, 11) is 0. The third kappa shape index (κ3) is 1.35. The summed E-state index contributed by atoms with van der Waals surface area (Å²) in [5, 5.41) is 0. The van der Waals surface area contributed by atoms with Crippen molar-refractivity contribution in [2.75, 3.05) is 6.54 Å². The van der Waals surface area contributed by atoms with E-state index < -0.39 is 0 Å². The molecule has 1 aliphatic heterocycles. The van der Waals surface area contributed by atoms with Crippen LogP contribution in [0.5, 0.6) is 0 Å². The molecule has 1 heterocycles. The Hall–Kier alpha value is -0.570. The highest BCUT2D eigenvalue weighted by Crippen LogP contribution is 2.38. The fourth-order valence-electron chi connectivity index (χ4n) is 2.40. The van der Waals surface area contributed by atoms with Crippen molar-refractivity contribution in [2.24, 2.45) is 5.73 Å². The molecule has 1 aliphatic carbocycles. The molecule has 74 valence electrons. The van der Waals surface area contributed by atoms with Crippen molar-refractivity contribution in [3.63, 3.8) is 0 Å². The largest absolute Gasteiger partial charge is 0.336 e. The van der Waals surface area contributed by atoms with E-state index in [-0.39, 0.29) is 17.5 Å². The van der Waals surface area contributed by atoms with E-state index in [1.807, 2.05) is 4.90 Å². The number of nitrogens with zero attached hydrogens (tertiary/aromatic N) is 1. The molecule has 3 heteroatoms. The smallest absolute Gasteiger partial charge is 0.239 e. The van der Waals surface area contributed by atoms with Crippen molar-refractivity contribution >= 4 is 5.91 Å². The average molecular weight is 182 g/mol. The molecule has 2 aliphatic rings. The van der Waals surface area contributed by atoms with Crippen LogP contribution in [-0.4, -0.2) is 28.9 Å². The van der Waals surface area contributed by atoms with Crippen molar-refractivity contribution in [3.05, 3.63) is 0 Å². The molecule has 1 saturated carbocycles. The van der Waals surface area contributed by atoms with Crippen LogP contribution in [0, 0.1) is 0 Å². The van der Waals surface area contributed by atoms with Crippen LogP contribution in [0.3, 0.4) is 0 Å². The summed E-state index contributed by atoms with van der Waals surface area (Å²) in [6.07, 6.45) is 5.51. The second kappa shape index (κ2) is 2.98. The topological polar surface area (TPSA) is 46.3 Å². The molecule has 1 amide bonds. The fourth-order valence-corrected chi connectivity index (χ4v) is 2.40. The van der Waals surface area contributed by atoms with Gasteiger partial charge in [0.1, 0.15) is 0 Å². The first-order valence-electron chi connectivity index (χ1n) is 5.20. The minimum atomic E-state index is -0.230. The monoisotopic (exact) mass is 182 g/mol. The number of hydrogen-bond donors (Lipinski definition) is 1. The van der Waals surface area contributed by atoms with Crippen LogP contribution < -0.4 is 5.73 Å². The molecule has 13 heavy (non-hydrogen) atoms. The van der Waals surface area contributed by atoms with E-state index >= 15 is 0 Å². The van der Waals surface area contributed by atoms with Gasteiger partial charge in [-0.15, -0.1) is 0 Å². The number of carbonyl (C=O) groups is 1. The van der Waals surface area contributed by atoms with Crippen LogP contribution in [0.2, 0.25) is 0 Å². The van der Waals surface area contributed by atoms with E-state index in [1.54, 1.807) is 0 Å². The average Bonchev–Trinajstić information content (AvgIpc) is 2.06.